The van der Waals surface area contributed by atoms with Gasteiger partial charge in [0.25, 0.3) is 5.91 Å². The molecule has 2 rings (SSSR count). The lowest BCUT2D eigenvalue weighted by Crippen LogP contribution is -2.40. The molecule has 32 heavy (non-hydrogen) atoms. The molecule has 1 unspecified atom stereocenters. The lowest BCUT2D eigenvalue weighted by atomic mass is 10.1. The number of hydrogen-bond acceptors (Lipinski definition) is 5. The summed E-state index contributed by atoms with van der Waals surface area (Å²) in [6, 6.07) is 3.83. The number of carbonyl (C=O) groups excluding carboxylic acids is 1. The van der Waals surface area contributed by atoms with Gasteiger partial charge in [-0.15, -0.1) is 0 Å². The third kappa shape index (κ3) is 7.59. The average molecular weight is 445 g/mol. The number of likely N-dealkylation sites (tertiary alicyclic amines) is 1. The van der Waals surface area contributed by atoms with Crippen LogP contribution in [0.5, 0.6) is 17.2 Å². The number of likely N-dealkylation sites (N-methyl/N-ethyl adjacent to an activating group) is 1. The molecule has 178 valence electrons. The standard InChI is InChI=1S/C26H40N2O4/c1-7-28-14-9-12-22(28)18-27-26(29)21-16-23(30-5)25(24(17-21)31-6)32-15-13-20(4)11-8-10-19(2)3/h10,13,16-17,22H,7-9,11-12,14-15,18H2,1-6H3,(H,27,29). The van der Waals surface area contributed by atoms with Crippen LogP contribution in [0, 0.1) is 0 Å². The summed E-state index contributed by atoms with van der Waals surface area (Å²) in [5.41, 5.74) is 3.10. The van der Waals surface area contributed by atoms with Gasteiger partial charge >= 0.3 is 0 Å². The monoisotopic (exact) mass is 444 g/mol. The Kier molecular flexibility index (Phi) is 10.6. The van der Waals surface area contributed by atoms with Crippen LogP contribution in [0.15, 0.2) is 35.4 Å². The van der Waals surface area contributed by atoms with Crippen molar-refractivity contribution in [1.82, 2.24) is 10.2 Å². The molecule has 1 N–H and O–H groups in total. The molecular weight excluding hydrogens is 404 g/mol. The van der Waals surface area contributed by atoms with Crippen LogP contribution in [0.25, 0.3) is 0 Å². The summed E-state index contributed by atoms with van der Waals surface area (Å²) in [6.07, 6.45) is 8.63. The number of nitrogens with one attached hydrogen (secondary N) is 1. The van der Waals surface area contributed by atoms with Crippen LogP contribution in [0.4, 0.5) is 0 Å². The summed E-state index contributed by atoms with van der Waals surface area (Å²) in [5.74, 6) is 1.35. The number of nitrogens with zero attached hydrogens (tertiary/aromatic N) is 1. The van der Waals surface area contributed by atoms with Crippen molar-refractivity contribution < 1.29 is 19.0 Å². The second kappa shape index (κ2) is 13.2. The second-order valence-electron chi connectivity index (χ2n) is 8.53. The van der Waals surface area contributed by atoms with Gasteiger partial charge in [-0.3, -0.25) is 9.69 Å². The number of allylic oxidation sites excluding steroid dienone is 3. The normalized spacial score (nSPS) is 16.6. The third-order valence-corrected chi connectivity index (χ3v) is 5.88. The third-order valence-electron chi connectivity index (χ3n) is 5.88. The van der Waals surface area contributed by atoms with Crippen LogP contribution in [-0.2, 0) is 0 Å². The molecule has 6 heteroatoms. The van der Waals surface area contributed by atoms with Gasteiger partial charge in [-0.2, -0.15) is 0 Å². The molecule has 1 aromatic rings. The largest absolute Gasteiger partial charge is 0.493 e. The quantitative estimate of drug-likeness (QED) is 0.460. The minimum atomic E-state index is -0.133. The molecule has 0 aromatic heterocycles. The van der Waals surface area contributed by atoms with E-state index in [1.54, 1.807) is 26.4 Å². The first-order valence-corrected chi connectivity index (χ1v) is 11.6. The Hall–Kier alpha value is -2.47. The minimum Gasteiger partial charge on any atom is -0.493 e. The highest BCUT2D eigenvalue weighted by molar-refractivity contribution is 5.95. The van der Waals surface area contributed by atoms with E-state index in [2.05, 4.69) is 50.1 Å². The second-order valence-corrected chi connectivity index (χ2v) is 8.53. The van der Waals surface area contributed by atoms with Gasteiger partial charge in [0.15, 0.2) is 11.5 Å². The summed E-state index contributed by atoms with van der Waals surface area (Å²) in [4.78, 5) is 15.2. The maximum Gasteiger partial charge on any atom is 0.251 e. The van der Waals surface area contributed by atoms with Crippen molar-refractivity contribution in [3.05, 3.63) is 41.0 Å². The van der Waals surface area contributed by atoms with E-state index in [4.69, 9.17) is 14.2 Å². The molecule has 0 radical (unpaired) electrons. The molecule has 0 saturated carbocycles. The number of amides is 1. The molecule has 1 heterocycles. The van der Waals surface area contributed by atoms with Crippen LogP contribution in [0.2, 0.25) is 0 Å². The van der Waals surface area contributed by atoms with Crippen LogP contribution in [0.1, 0.15) is 63.7 Å². The minimum absolute atomic E-state index is 0.133. The van der Waals surface area contributed by atoms with Crippen molar-refractivity contribution >= 4 is 5.91 Å². The lowest BCUT2D eigenvalue weighted by Gasteiger charge is -2.23. The predicted octanol–water partition coefficient (Wildman–Crippen LogP) is 4.99. The topological polar surface area (TPSA) is 60.0 Å². The highest BCUT2D eigenvalue weighted by Gasteiger charge is 2.24. The smallest absolute Gasteiger partial charge is 0.251 e. The van der Waals surface area contributed by atoms with Crippen molar-refractivity contribution in [3.63, 3.8) is 0 Å². The van der Waals surface area contributed by atoms with E-state index in [1.807, 2.05) is 0 Å². The van der Waals surface area contributed by atoms with Gasteiger partial charge < -0.3 is 19.5 Å². The fourth-order valence-electron chi connectivity index (χ4n) is 3.97. The van der Waals surface area contributed by atoms with Gasteiger partial charge in [0.05, 0.1) is 14.2 Å². The lowest BCUT2D eigenvalue weighted by molar-refractivity contribution is 0.0940. The fourth-order valence-corrected chi connectivity index (χ4v) is 3.97. The summed E-state index contributed by atoms with van der Waals surface area (Å²) in [7, 11) is 3.14. The highest BCUT2D eigenvalue weighted by atomic mass is 16.5. The maximum atomic E-state index is 12.8. The number of ether oxygens (including phenoxy) is 3. The molecule has 0 spiro atoms. The molecule has 1 saturated heterocycles. The first-order chi connectivity index (χ1) is 15.4. The Balaban J connectivity index is 2.03. The fraction of sp³-hybridized carbons (Fsp3) is 0.577. The number of hydrogen-bond donors (Lipinski definition) is 1. The van der Waals surface area contributed by atoms with E-state index in [9.17, 15) is 4.79 Å². The van der Waals surface area contributed by atoms with Gasteiger partial charge in [-0.1, -0.05) is 24.1 Å². The van der Waals surface area contributed by atoms with E-state index in [0.29, 0.717) is 42.0 Å². The predicted molar refractivity (Wildman–Crippen MR) is 130 cm³/mol. The molecule has 1 fully saturated rings. The van der Waals surface area contributed by atoms with E-state index < -0.39 is 0 Å². The van der Waals surface area contributed by atoms with E-state index in [0.717, 1.165) is 32.4 Å². The van der Waals surface area contributed by atoms with Gasteiger partial charge in [0.1, 0.15) is 6.61 Å². The molecule has 1 atom stereocenters. The summed E-state index contributed by atoms with van der Waals surface area (Å²) in [6.45, 7) is 11.7. The van der Waals surface area contributed by atoms with Crippen molar-refractivity contribution in [2.24, 2.45) is 0 Å². The summed E-state index contributed by atoms with van der Waals surface area (Å²) < 4.78 is 17.0. The maximum absolute atomic E-state index is 12.8. The number of rotatable bonds is 12. The van der Waals surface area contributed by atoms with Crippen molar-refractivity contribution in [2.75, 3.05) is 40.5 Å². The Morgan fingerprint density at radius 2 is 1.84 bits per heavy atom. The van der Waals surface area contributed by atoms with E-state index >= 15 is 0 Å². The molecule has 1 aliphatic rings. The van der Waals surface area contributed by atoms with Crippen LogP contribution in [0.3, 0.4) is 0 Å². The van der Waals surface area contributed by atoms with Gasteiger partial charge in [-0.25, -0.2) is 0 Å². The first-order valence-electron chi connectivity index (χ1n) is 11.6. The van der Waals surface area contributed by atoms with Gasteiger partial charge in [-0.05, 0) is 77.8 Å². The zero-order chi connectivity index (χ0) is 23.5. The number of carbonyl (C=O) groups is 1. The number of benzene rings is 1. The molecule has 6 nitrogen and oxygen atoms in total. The molecule has 1 aliphatic heterocycles. The molecule has 1 amide bonds. The van der Waals surface area contributed by atoms with Crippen LogP contribution in [-0.4, -0.2) is 57.3 Å². The van der Waals surface area contributed by atoms with E-state index in [-0.39, 0.29) is 5.91 Å². The average Bonchev–Trinajstić information content (AvgIpc) is 3.24. The van der Waals surface area contributed by atoms with Gasteiger partial charge in [0.2, 0.25) is 5.75 Å². The van der Waals surface area contributed by atoms with Crippen LogP contribution >= 0.6 is 0 Å². The zero-order valence-corrected chi connectivity index (χ0v) is 20.6. The Morgan fingerprint density at radius 1 is 1.16 bits per heavy atom. The summed E-state index contributed by atoms with van der Waals surface area (Å²) in [5, 5.41) is 3.07. The highest BCUT2D eigenvalue weighted by Crippen LogP contribution is 2.38. The van der Waals surface area contributed by atoms with Crippen molar-refractivity contribution in [2.45, 2.75) is 59.4 Å². The zero-order valence-electron chi connectivity index (χ0n) is 20.6. The van der Waals surface area contributed by atoms with Crippen molar-refractivity contribution in [1.29, 1.82) is 0 Å². The summed E-state index contributed by atoms with van der Waals surface area (Å²) >= 11 is 0. The van der Waals surface area contributed by atoms with Crippen molar-refractivity contribution in [3.8, 4) is 17.2 Å². The molecule has 0 aliphatic carbocycles. The Bertz CT molecular complexity index is 787. The number of methoxy groups -OCH3 is 2. The molecule has 1 aromatic carbocycles. The first kappa shape index (κ1) is 25.8. The van der Waals surface area contributed by atoms with Crippen LogP contribution < -0.4 is 19.5 Å². The molecule has 0 bridgehead atoms. The SMILES string of the molecule is CCN1CCCC1CNC(=O)c1cc(OC)c(OCC=C(C)CCC=C(C)C)c(OC)c1. The van der Waals surface area contributed by atoms with E-state index in [1.165, 1.54) is 17.6 Å². The Morgan fingerprint density at radius 3 is 2.44 bits per heavy atom. The molecular formula is C26H40N2O4. The van der Waals surface area contributed by atoms with Gasteiger partial charge in [0, 0.05) is 18.2 Å². The Labute approximate surface area is 193 Å².